The zero-order chi connectivity index (χ0) is 29.2. The summed E-state index contributed by atoms with van der Waals surface area (Å²) >= 11 is 0. The summed E-state index contributed by atoms with van der Waals surface area (Å²) in [6.07, 6.45) is -0.475. The summed E-state index contributed by atoms with van der Waals surface area (Å²) in [6, 6.07) is 12.8. The number of amides is 2. The van der Waals surface area contributed by atoms with Crippen molar-refractivity contribution in [2.24, 2.45) is 0 Å². The molecule has 13 nitrogen and oxygen atoms in total. The lowest BCUT2D eigenvalue weighted by molar-refractivity contribution is -0.158. The largest absolute Gasteiger partial charge is 0.478 e. The predicted octanol–water partition coefficient (Wildman–Crippen LogP) is 3.40. The van der Waals surface area contributed by atoms with E-state index in [4.69, 9.17) is 18.9 Å². The highest BCUT2D eigenvalue weighted by Gasteiger charge is 2.54. The molecule has 14 heteroatoms. The fourth-order valence-corrected chi connectivity index (χ4v) is 5.09. The van der Waals surface area contributed by atoms with Gasteiger partial charge in [-0.05, 0) is 19.1 Å². The average molecular weight is 579 g/mol. The summed E-state index contributed by atoms with van der Waals surface area (Å²) in [5, 5.41) is 14.8. The number of carboxylic acids is 1. The quantitative estimate of drug-likeness (QED) is 0.269. The summed E-state index contributed by atoms with van der Waals surface area (Å²) in [7, 11) is 0. The van der Waals surface area contributed by atoms with Gasteiger partial charge in [-0.2, -0.15) is 0 Å². The van der Waals surface area contributed by atoms with Crippen molar-refractivity contribution in [3.05, 3.63) is 83.7 Å². The Bertz CT molecular complexity index is 1600. The standard InChI is InChI=1S/C28H27FN6O7/c1-2-30-28(38)34-23-20-24(32-13-31-23)35(14-33-20)25-22-21(41-27(42-22)15-7-4-3-5-8-15)19(40-25)12-39-11-17-16(26(36)37)9-6-10-18(17)29/h3-10,13-14,19,21-22,25,27H,2,11-12H2,1H3,(H,36,37)(H2,30,31,32,34,38)/t19?,21?,22?,25?,27-/m1/s1. The van der Waals surface area contributed by atoms with Crippen molar-refractivity contribution in [1.82, 2.24) is 24.8 Å². The molecule has 0 radical (unpaired) electrons. The van der Waals surface area contributed by atoms with E-state index in [0.29, 0.717) is 17.7 Å². The Balaban J connectivity index is 1.26. The van der Waals surface area contributed by atoms with Gasteiger partial charge < -0.3 is 29.4 Å². The normalized spacial score (nSPS) is 23.1. The van der Waals surface area contributed by atoms with Crippen LogP contribution in [0.4, 0.5) is 15.0 Å². The fraction of sp³-hybridized carbons (Fsp3) is 0.321. The van der Waals surface area contributed by atoms with Crippen LogP contribution in [0.15, 0.2) is 61.2 Å². The number of aromatic carboxylic acids is 1. The number of benzene rings is 2. The molecule has 0 spiro atoms. The Hall–Kier alpha value is -4.50. The van der Waals surface area contributed by atoms with Crippen LogP contribution < -0.4 is 10.6 Å². The molecule has 3 N–H and O–H groups in total. The molecular weight excluding hydrogens is 551 g/mol. The number of anilines is 1. The van der Waals surface area contributed by atoms with E-state index < -0.39 is 48.6 Å². The summed E-state index contributed by atoms with van der Waals surface area (Å²) in [6.45, 7) is 1.91. The number of rotatable bonds is 9. The van der Waals surface area contributed by atoms with Crippen LogP contribution in [0.5, 0.6) is 0 Å². The Labute approximate surface area is 238 Å². The van der Waals surface area contributed by atoms with Crippen LogP contribution in [0, 0.1) is 5.82 Å². The van der Waals surface area contributed by atoms with Crippen molar-refractivity contribution in [2.75, 3.05) is 18.5 Å². The molecule has 218 valence electrons. The maximum Gasteiger partial charge on any atom is 0.336 e. The number of nitrogens with zero attached hydrogens (tertiary/aromatic N) is 4. The van der Waals surface area contributed by atoms with Gasteiger partial charge in [0, 0.05) is 17.7 Å². The molecule has 0 saturated carbocycles. The van der Waals surface area contributed by atoms with E-state index >= 15 is 0 Å². The number of carbonyl (C=O) groups excluding carboxylic acids is 1. The first-order valence-corrected chi connectivity index (χ1v) is 13.3. The second-order valence-electron chi connectivity index (χ2n) is 9.63. The molecule has 4 unspecified atom stereocenters. The first kappa shape index (κ1) is 27.7. The lowest BCUT2D eigenvalue weighted by Crippen LogP contribution is -2.31. The third-order valence-electron chi connectivity index (χ3n) is 7.00. The van der Waals surface area contributed by atoms with Crippen molar-refractivity contribution >= 4 is 29.0 Å². The highest BCUT2D eigenvalue weighted by molar-refractivity contribution is 5.95. The van der Waals surface area contributed by atoms with E-state index in [0.717, 1.165) is 5.56 Å². The van der Waals surface area contributed by atoms with Gasteiger partial charge in [-0.1, -0.05) is 36.4 Å². The molecule has 2 fully saturated rings. The minimum atomic E-state index is -1.25. The smallest absolute Gasteiger partial charge is 0.336 e. The molecule has 4 heterocycles. The second-order valence-corrected chi connectivity index (χ2v) is 9.63. The molecule has 2 aromatic heterocycles. The topological polar surface area (TPSA) is 159 Å². The molecule has 5 atom stereocenters. The van der Waals surface area contributed by atoms with Crippen molar-refractivity contribution < 1.29 is 38.0 Å². The number of hydrogen-bond acceptors (Lipinski definition) is 9. The molecule has 2 aliphatic heterocycles. The van der Waals surface area contributed by atoms with E-state index in [9.17, 15) is 19.1 Å². The van der Waals surface area contributed by atoms with Gasteiger partial charge in [0.15, 0.2) is 29.5 Å². The Kier molecular flexibility index (Phi) is 7.75. The molecule has 2 saturated heterocycles. The van der Waals surface area contributed by atoms with Crippen LogP contribution in [0.1, 0.15) is 40.9 Å². The number of fused-ring (bicyclic) bond motifs is 2. The minimum absolute atomic E-state index is 0.0401. The van der Waals surface area contributed by atoms with Crippen LogP contribution in [0.3, 0.4) is 0 Å². The lowest BCUT2D eigenvalue weighted by Gasteiger charge is -2.21. The monoisotopic (exact) mass is 578 g/mol. The fourth-order valence-electron chi connectivity index (χ4n) is 5.09. The molecule has 4 aromatic rings. The molecule has 2 aliphatic rings. The van der Waals surface area contributed by atoms with Crippen molar-refractivity contribution in [3.63, 3.8) is 0 Å². The predicted molar refractivity (Wildman–Crippen MR) is 144 cm³/mol. The van der Waals surface area contributed by atoms with Crippen LogP contribution in [-0.4, -0.2) is 68.1 Å². The first-order valence-electron chi connectivity index (χ1n) is 13.3. The number of aromatic nitrogens is 4. The van der Waals surface area contributed by atoms with Gasteiger partial charge in [0.1, 0.15) is 30.5 Å². The maximum atomic E-state index is 14.4. The first-order chi connectivity index (χ1) is 20.4. The summed E-state index contributed by atoms with van der Waals surface area (Å²) < 4.78 is 40.9. The summed E-state index contributed by atoms with van der Waals surface area (Å²) in [5.74, 6) is -1.70. The summed E-state index contributed by atoms with van der Waals surface area (Å²) in [5.41, 5.74) is 1.32. The number of imidazole rings is 1. The van der Waals surface area contributed by atoms with Gasteiger partial charge in [0.25, 0.3) is 0 Å². The van der Waals surface area contributed by atoms with Crippen molar-refractivity contribution in [2.45, 2.75) is 44.4 Å². The van der Waals surface area contributed by atoms with E-state index in [1.165, 1.54) is 30.9 Å². The third-order valence-corrected chi connectivity index (χ3v) is 7.00. The molecule has 2 aromatic carbocycles. The Morgan fingerprint density at radius 1 is 1.05 bits per heavy atom. The van der Waals surface area contributed by atoms with Gasteiger partial charge in [0.2, 0.25) is 0 Å². The number of ether oxygens (including phenoxy) is 4. The SMILES string of the molecule is CCNC(=O)Nc1ncnc2c1ncn2C1OC(COCc2c(F)cccc2C(=O)O)C2O[C@@H](c3ccccc3)OC21. The van der Waals surface area contributed by atoms with Gasteiger partial charge in [-0.15, -0.1) is 0 Å². The minimum Gasteiger partial charge on any atom is -0.478 e. The molecule has 0 bridgehead atoms. The zero-order valence-electron chi connectivity index (χ0n) is 22.3. The van der Waals surface area contributed by atoms with Gasteiger partial charge >= 0.3 is 12.0 Å². The third kappa shape index (κ3) is 5.27. The number of hydrogen-bond donors (Lipinski definition) is 3. The molecule has 2 amide bonds. The number of halogens is 1. The Morgan fingerprint density at radius 3 is 2.64 bits per heavy atom. The second kappa shape index (κ2) is 11.8. The number of carboxylic acid groups (broad SMARTS) is 1. The average Bonchev–Trinajstić information content (AvgIpc) is 3.69. The van der Waals surface area contributed by atoms with Crippen LogP contribution in [-0.2, 0) is 25.6 Å². The Morgan fingerprint density at radius 2 is 1.86 bits per heavy atom. The maximum absolute atomic E-state index is 14.4. The summed E-state index contributed by atoms with van der Waals surface area (Å²) in [4.78, 5) is 36.6. The van der Waals surface area contributed by atoms with Crippen molar-refractivity contribution in [1.29, 1.82) is 0 Å². The van der Waals surface area contributed by atoms with Crippen LogP contribution >= 0.6 is 0 Å². The van der Waals surface area contributed by atoms with Gasteiger partial charge in [-0.3, -0.25) is 9.88 Å². The number of urea groups is 1. The molecule has 0 aliphatic carbocycles. The van der Waals surface area contributed by atoms with E-state index in [1.807, 2.05) is 30.3 Å². The zero-order valence-corrected chi connectivity index (χ0v) is 22.3. The number of nitrogens with one attached hydrogen (secondary N) is 2. The highest BCUT2D eigenvalue weighted by atomic mass is 19.1. The van der Waals surface area contributed by atoms with Gasteiger partial charge in [0.05, 0.1) is 25.1 Å². The molecule has 6 rings (SSSR count). The number of carbonyl (C=O) groups is 2. The van der Waals surface area contributed by atoms with Crippen LogP contribution in [0.2, 0.25) is 0 Å². The van der Waals surface area contributed by atoms with E-state index in [1.54, 1.807) is 11.5 Å². The van der Waals surface area contributed by atoms with Crippen molar-refractivity contribution in [3.8, 4) is 0 Å². The van der Waals surface area contributed by atoms with E-state index in [-0.39, 0.29) is 30.2 Å². The highest BCUT2D eigenvalue weighted by Crippen LogP contribution is 2.45. The molecular formula is C28H27FN6O7. The van der Waals surface area contributed by atoms with Crippen LogP contribution in [0.25, 0.3) is 11.2 Å². The lowest BCUT2D eigenvalue weighted by atomic mass is 10.1. The molecule has 42 heavy (non-hydrogen) atoms. The van der Waals surface area contributed by atoms with E-state index in [2.05, 4.69) is 25.6 Å². The van der Waals surface area contributed by atoms with Gasteiger partial charge in [-0.25, -0.2) is 28.9 Å².